The van der Waals surface area contributed by atoms with Gasteiger partial charge < -0.3 is 4.74 Å². The van der Waals surface area contributed by atoms with Gasteiger partial charge in [0.15, 0.2) is 0 Å². The van der Waals surface area contributed by atoms with E-state index in [0.717, 1.165) is 12.8 Å². The lowest BCUT2D eigenvalue weighted by atomic mass is 10.1. The number of allylic oxidation sites excluding steroid dienone is 6. The van der Waals surface area contributed by atoms with Crippen LogP contribution in [0.2, 0.25) is 0 Å². The van der Waals surface area contributed by atoms with E-state index in [1.165, 1.54) is 17.2 Å². The van der Waals surface area contributed by atoms with Crippen molar-refractivity contribution < 1.29 is 9.53 Å². The Kier molecular flexibility index (Phi) is 9.65. The maximum atomic E-state index is 11.2. The summed E-state index contributed by atoms with van der Waals surface area (Å²) in [6.45, 7) is 8.49. The molecule has 0 heterocycles. The van der Waals surface area contributed by atoms with Crippen LogP contribution < -0.4 is 0 Å². The van der Waals surface area contributed by atoms with Gasteiger partial charge in [-0.1, -0.05) is 35.5 Å². The predicted octanol–water partition coefficient (Wildman–Crippen LogP) is 4.35. The summed E-state index contributed by atoms with van der Waals surface area (Å²) in [5.74, 6) is -0.304. The molecule has 2 heteroatoms. The van der Waals surface area contributed by atoms with Gasteiger partial charge in [-0.15, -0.1) is 0 Å². The molecule has 0 rings (SSSR count). The van der Waals surface area contributed by atoms with E-state index in [1.807, 2.05) is 19.1 Å². The third-order valence-corrected chi connectivity index (χ3v) is 2.28. The second-order valence-corrected chi connectivity index (χ2v) is 4.39. The number of ether oxygens (including phenoxy) is 1. The fraction of sp³-hybridized carbons (Fsp3) is 0.438. The Bertz CT molecular complexity index is 353. The van der Waals surface area contributed by atoms with Gasteiger partial charge >= 0.3 is 5.97 Å². The number of hydrogen-bond donors (Lipinski definition) is 0. The predicted molar refractivity (Wildman–Crippen MR) is 77.3 cm³/mol. The van der Waals surface area contributed by atoms with Crippen LogP contribution in [0, 0.1) is 0 Å². The van der Waals surface area contributed by atoms with Crippen molar-refractivity contribution in [1.29, 1.82) is 0 Å². The molecule has 0 aliphatic rings. The number of carbonyl (C=O) groups is 1. The van der Waals surface area contributed by atoms with Crippen LogP contribution >= 0.6 is 0 Å². The van der Waals surface area contributed by atoms with Crippen molar-refractivity contribution in [3.05, 3.63) is 47.6 Å². The first kappa shape index (κ1) is 16.4. The Morgan fingerprint density at radius 1 is 1.11 bits per heavy atom. The van der Waals surface area contributed by atoms with Crippen LogP contribution in [0.3, 0.4) is 0 Å². The van der Waals surface area contributed by atoms with Gasteiger partial charge in [-0.3, -0.25) is 0 Å². The van der Waals surface area contributed by atoms with Crippen molar-refractivity contribution in [3.8, 4) is 0 Å². The molecule has 0 spiro atoms. The van der Waals surface area contributed by atoms with Crippen LogP contribution in [-0.4, -0.2) is 12.6 Å². The number of carbonyl (C=O) groups excluding carboxylic acids is 1. The van der Waals surface area contributed by atoms with Crippen molar-refractivity contribution >= 4 is 5.97 Å². The highest BCUT2D eigenvalue weighted by Gasteiger charge is 1.94. The molecule has 0 aliphatic heterocycles. The zero-order chi connectivity index (χ0) is 13.8. The molecule has 0 radical (unpaired) electrons. The van der Waals surface area contributed by atoms with E-state index in [0.29, 0.717) is 6.61 Å². The minimum Gasteiger partial charge on any atom is -0.458 e. The Balaban J connectivity index is 3.86. The molecule has 0 fully saturated rings. The van der Waals surface area contributed by atoms with Crippen LogP contribution in [0.4, 0.5) is 0 Å². The molecule has 0 N–H and O–H groups in total. The van der Waals surface area contributed by atoms with E-state index in [9.17, 15) is 4.79 Å². The minimum absolute atomic E-state index is 0.304. The van der Waals surface area contributed by atoms with Gasteiger partial charge in [-0.2, -0.15) is 0 Å². The van der Waals surface area contributed by atoms with Gasteiger partial charge in [0.25, 0.3) is 0 Å². The van der Waals surface area contributed by atoms with Crippen LogP contribution in [0.5, 0.6) is 0 Å². The molecule has 0 unspecified atom stereocenters. The van der Waals surface area contributed by atoms with Crippen LogP contribution in [-0.2, 0) is 9.53 Å². The molecule has 0 atom stereocenters. The summed E-state index contributed by atoms with van der Waals surface area (Å²) in [6.07, 6.45) is 13.0. The van der Waals surface area contributed by atoms with Gasteiger partial charge in [-0.25, -0.2) is 4.79 Å². The fourth-order valence-corrected chi connectivity index (χ4v) is 1.25. The van der Waals surface area contributed by atoms with Gasteiger partial charge in [0.1, 0.15) is 6.61 Å². The molecule has 18 heavy (non-hydrogen) atoms. The van der Waals surface area contributed by atoms with Crippen LogP contribution in [0.1, 0.15) is 40.5 Å². The van der Waals surface area contributed by atoms with E-state index >= 15 is 0 Å². The lowest BCUT2D eigenvalue weighted by Gasteiger charge is -2.00. The zero-order valence-electron chi connectivity index (χ0n) is 11.9. The molecule has 100 valence electrons. The molecule has 2 nitrogen and oxygen atoms in total. The van der Waals surface area contributed by atoms with Crippen molar-refractivity contribution in [2.75, 3.05) is 6.61 Å². The van der Waals surface area contributed by atoms with Crippen LogP contribution in [0.15, 0.2) is 47.6 Å². The molecule has 0 amide bonds. The Hall–Kier alpha value is -1.57. The van der Waals surface area contributed by atoms with Gasteiger partial charge in [0.05, 0.1) is 0 Å². The normalized spacial score (nSPS) is 12.1. The molecular weight excluding hydrogens is 224 g/mol. The van der Waals surface area contributed by atoms with Crippen molar-refractivity contribution in [2.45, 2.75) is 40.5 Å². The first-order valence-electron chi connectivity index (χ1n) is 6.31. The maximum absolute atomic E-state index is 11.2. The molecule has 0 aromatic carbocycles. The Morgan fingerprint density at radius 3 is 2.44 bits per heavy atom. The van der Waals surface area contributed by atoms with E-state index in [4.69, 9.17) is 4.74 Å². The first-order valence-corrected chi connectivity index (χ1v) is 6.31. The van der Waals surface area contributed by atoms with Crippen LogP contribution in [0.25, 0.3) is 0 Å². The quantitative estimate of drug-likeness (QED) is 0.290. The highest BCUT2D eigenvalue weighted by Crippen LogP contribution is 2.06. The third-order valence-electron chi connectivity index (χ3n) is 2.28. The molecule has 0 aromatic rings. The minimum atomic E-state index is -0.304. The Morgan fingerprint density at radius 2 is 1.83 bits per heavy atom. The van der Waals surface area contributed by atoms with Gasteiger partial charge in [0.2, 0.25) is 0 Å². The van der Waals surface area contributed by atoms with E-state index < -0.39 is 0 Å². The smallest absolute Gasteiger partial charge is 0.331 e. The highest BCUT2D eigenvalue weighted by molar-refractivity contribution is 5.82. The number of rotatable bonds is 7. The summed E-state index contributed by atoms with van der Waals surface area (Å²) in [5.41, 5.74) is 2.58. The fourth-order valence-electron chi connectivity index (χ4n) is 1.25. The molecule has 0 saturated heterocycles. The zero-order valence-corrected chi connectivity index (χ0v) is 11.9. The third kappa shape index (κ3) is 10.9. The number of hydrogen-bond acceptors (Lipinski definition) is 2. The summed E-state index contributed by atoms with van der Waals surface area (Å²) in [5, 5.41) is 0. The monoisotopic (exact) mass is 248 g/mol. The molecular formula is C16H24O2. The molecule has 0 aromatic heterocycles. The van der Waals surface area contributed by atoms with Crippen molar-refractivity contribution in [2.24, 2.45) is 0 Å². The summed E-state index contributed by atoms with van der Waals surface area (Å²) in [6, 6.07) is 0. The summed E-state index contributed by atoms with van der Waals surface area (Å²) < 4.78 is 5.04. The summed E-state index contributed by atoms with van der Waals surface area (Å²) in [7, 11) is 0. The average molecular weight is 248 g/mol. The molecule has 0 bridgehead atoms. The van der Waals surface area contributed by atoms with E-state index in [-0.39, 0.29) is 5.97 Å². The van der Waals surface area contributed by atoms with Gasteiger partial charge in [0, 0.05) is 6.08 Å². The second-order valence-electron chi connectivity index (χ2n) is 4.39. The van der Waals surface area contributed by atoms with E-state index in [1.54, 1.807) is 12.2 Å². The summed E-state index contributed by atoms with van der Waals surface area (Å²) in [4.78, 5) is 11.2. The average Bonchev–Trinajstić information content (AvgIpc) is 2.29. The van der Waals surface area contributed by atoms with E-state index in [2.05, 4.69) is 26.8 Å². The summed E-state index contributed by atoms with van der Waals surface area (Å²) >= 11 is 0. The van der Waals surface area contributed by atoms with Crippen molar-refractivity contribution in [1.82, 2.24) is 0 Å². The largest absolute Gasteiger partial charge is 0.458 e. The standard InChI is InChI=1S/C16H24O2/c1-5-6-7-11-16(17)18-13-12-15(4)10-8-9-14(2)3/h5-7,9,11-12H,8,10,13H2,1-4H3/b6-5+,11-7+,15-12+. The molecule has 0 saturated carbocycles. The lowest BCUT2D eigenvalue weighted by Crippen LogP contribution is -2.00. The maximum Gasteiger partial charge on any atom is 0.331 e. The van der Waals surface area contributed by atoms with Gasteiger partial charge in [-0.05, 0) is 46.6 Å². The highest BCUT2D eigenvalue weighted by atomic mass is 16.5. The van der Waals surface area contributed by atoms with Crippen molar-refractivity contribution in [3.63, 3.8) is 0 Å². The molecule has 0 aliphatic carbocycles. The topological polar surface area (TPSA) is 26.3 Å². The second kappa shape index (κ2) is 10.6. The first-order chi connectivity index (χ1) is 8.56. The number of esters is 1. The SMILES string of the molecule is C/C=C/C=C/C(=O)OC/C=C(\C)CCC=C(C)C. The Labute approximate surface area is 111 Å². The lowest BCUT2D eigenvalue weighted by molar-refractivity contribution is -0.136.